The first-order valence-electron chi connectivity index (χ1n) is 9.96. The number of thiazole rings is 1. The van der Waals surface area contributed by atoms with Crippen LogP contribution in [-0.2, 0) is 22.5 Å². The third kappa shape index (κ3) is 5.46. The molecule has 7 heteroatoms. The maximum atomic E-state index is 12.4. The molecule has 3 aromatic rings. The highest BCUT2D eigenvalue weighted by atomic mass is 35.5. The van der Waals surface area contributed by atoms with E-state index < -0.39 is 0 Å². The van der Waals surface area contributed by atoms with Crippen molar-refractivity contribution in [2.75, 3.05) is 31.6 Å². The lowest BCUT2D eigenvalue weighted by Crippen LogP contribution is -2.35. The summed E-state index contributed by atoms with van der Waals surface area (Å²) in [4.78, 5) is 19.5. The summed E-state index contributed by atoms with van der Waals surface area (Å²) in [7, 11) is 0. The molecule has 0 bridgehead atoms. The topological polar surface area (TPSA) is 54.5 Å². The van der Waals surface area contributed by atoms with Crippen LogP contribution in [0.2, 0.25) is 5.02 Å². The van der Waals surface area contributed by atoms with Gasteiger partial charge in [0.25, 0.3) is 0 Å². The number of aryl methyl sites for hydroxylation is 1. The van der Waals surface area contributed by atoms with Crippen molar-refractivity contribution in [3.05, 3.63) is 69.7 Å². The molecule has 0 saturated carbocycles. The number of anilines is 1. The third-order valence-corrected chi connectivity index (χ3v) is 6.25. The van der Waals surface area contributed by atoms with Gasteiger partial charge in [-0.1, -0.05) is 41.9 Å². The minimum Gasteiger partial charge on any atom is -0.379 e. The monoisotopic (exact) mass is 441 g/mol. The van der Waals surface area contributed by atoms with Crippen LogP contribution in [0.4, 0.5) is 5.69 Å². The number of benzene rings is 2. The second-order valence-corrected chi connectivity index (χ2v) is 8.71. The zero-order valence-corrected chi connectivity index (χ0v) is 18.4. The van der Waals surface area contributed by atoms with E-state index in [0.29, 0.717) is 5.02 Å². The summed E-state index contributed by atoms with van der Waals surface area (Å²) in [5.74, 6) is -0.0990. The molecule has 1 aliphatic rings. The minimum atomic E-state index is -0.0990. The van der Waals surface area contributed by atoms with E-state index in [2.05, 4.69) is 39.5 Å². The van der Waals surface area contributed by atoms with Gasteiger partial charge in [0.05, 0.1) is 25.3 Å². The number of halogens is 1. The number of carbonyl (C=O) groups is 1. The Labute approximate surface area is 185 Å². The van der Waals surface area contributed by atoms with Crippen LogP contribution in [0.25, 0.3) is 10.6 Å². The number of morpholine rings is 1. The predicted octanol–water partition coefficient (Wildman–Crippen LogP) is 4.79. The second kappa shape index (κ2) is 9.71. The van der Waals surface area contributed by atoms with Gasteiger partial charge in [0.1, 0.15) is 5.01 Å². The van der Waals surface area contributed by atoms with E-state index in [0.717, 1.165) is 60.4 Å². The van der Waals surface area contributed by atoms with Crippen LogP contribution in [-0.4, -0.2) is 42.1 Å². The summed E-state index contributed by atoms with van der Waals surface area (Å²) >= 11 is 7.59. The quantitative estimate of drug-likeness (QED) is 0.597. The number of ether oxygens (including phenoxy) is 1. The van der Waals surface area contributed by atoms with Gasteiger partial charge in [-0.2, -0.15) is 0 Å². The fraction of sp³-hybridized carbons (Fsp3) is 0.304. The van der Waals surface area contributed by atoms with Crippen molar-refractivity contribution in [1.82, 2.24) is 9.88 Å². The minimum absolute atomic E-state index is 0.0990. The van der Waals surface area contributed by atoms with Gasteiger partial charge in [-0.25, -0.2) is 4.98 Å². The zero-order valence-electron chi connectivity index (χ0n) is 16.9. The van der Waals surface area contributed by atoms with E-state index in [1.54, 1.807) is 17.4 Å². The van der Waals surface area contributed by atoms with E-state index in [9.17, 15) is 4.79 Å². The molecule has 1 fully saturated rings. The van der Waals surface area contributed by atoms with Crippen LogP contribution in [0.3, 0.4) is 0 Å². The Hall–Kier alpha value is -2.25. The number of rotatable bonds is 6. The Morgan fingerprint density at radius 3 is 2.73 bits per heavy atom. The summed E-state index contributed by atoms with van der Waals surface area (Å²) in [6, 6.07) is 14.0. The average Bonchev–Trinajstić information content (AvgIpc) is 3.20. The molecule has 1 N–H and O–H groups in total. The van der Waals surface area contributed by atoms with Crippen molar-refractivity contribution in [3.63, 3.8) is 0 Å². The number of hydrogen-bond acceptors (Lipinski definition) is 5. The van der Waals surface area contributed by atoms with Gasteiger partial charge in [-0.3, -0.25) is 9.69 Å². The zero-order chi connectivity index (χ0) is 20.9. The van der Waals surface area contributed by atoms with E-state index in [-0.39, 0.29) is 12.3 Å². The number of carbonyl (C=O) groups excluding carboxylic acids is 1. The lowest BCUT2D eigenvalue weighted by Gasteiger charge is -2.26. The normalized spacial score (nSPS) is 14.6. The predicted molar refractivity (Wildman–Crippen MR) is 122 cm³/mol. The molecular formula is C23H24ClN3O2S. The van der Waals surface area contributed by atoms with Crippen LogP contribution in [0.5, 0.6) is 0 Å². The molecule has 1 saturated heterocycles. The number of nitrogens with zero attached hydrogens (tertiary/aromatic N) is 2. The first kappa shape index (κ1) is 21.0. The molecule has 0 radical (unpaired) electrons. The summed E-state index contributed by atoms with van der Waals surface area (Å²) in [6.45, 7) is 6.46. The molecule has 1 amide bonds. The third-order valence-electron chi connectivity index (χ3n) is 5.08. The molecule has 2 heterocycles. The van der Waals surface area contributed by atoms with Gasteiger partial charge >= 0.3 is 0 Å². The lowest BCUT2D eigenvalue weighted by atomic mass is 10.1. The summed E-state index contributed by atoms with van der Waals surface area (Å²) in [5.41, 5.74) is 4.84. The Morgan fingerprint density at radius 2 is 1.97 bits per heavy atom. The van der Waals surface area contributed by atoms with Crippen molar-refractivity contribution >= 4 is 34.5 Å². The Balaban J connectivity index is 1.36. The van der Waals surface area contributed by atoms with E-state index >= 15 is 0 Å². The van der Waals surface area contributed by atoms with E-state index in [1.807, 2.05) is 24.4 Å². The first-order chi connectivity index (χ1) is 14.6. The van der Waals surface area contributed by atoms with Crippen LogP contribution >= 0.6 is 22.9 Å². The maximum absolute atomic E-state index is 12.4. The van der Waals surface area contributed by atoms with Crippen LogP contribution in [0.1, 0.15) is 16.8 Å². The van der Waals surface area contributed by atoms with Gasteiger partial charge in [0, 0.05) is 41.3 Å². The molecule has 1 aromatic heterocycles. The Kier molecular flexibility index (Phi) is 6.79. The van der Waals surface area contributed by atoms with Crippen LogP contribution in [0, 0.1) is 6.92 Å². The van der Waals surface area contributed by atoms with E-state index in [4.69, 9.17) is 16.3 Å². The smallest absolute Gasteiger partial charge is 0.230 e. The molecular weight excluding hydrogens is 418 g/mol. The summed E-state index contributed by atoms with van der Waals surface area (Å²) < 4.78 is 5.41. The molecule has 0 spiro atoms. The van der Waals surface area contributed by atoms with Crippen LogP contribution < -0.4 is 5.32 Å². The average molecular weight is 442 g/mol. The summed E-state index contributed by atoms with van der Waals surface area (Å²) in [5, 5.41) is 6.39. The Morgan fingerprint density at radius 1 is 1.20 bits per heavy atom. The molecule has 4 rings (SSSR count). The largest absolute Gasteiger partial charge is 0.379 e. The van der Waals surface area contributed by atoms with Crippen molar-refractivity contribution < 1.29 is 9.53 Å². The van der Waals surface area contributed by atoms with Gasteiger partial charge in [-0.05, 0) is 30.2 Å². The first-order valence-corrected chi connectivity index (χ1v) is 11.2. The molecule has 0 aliphatic carbocycles. The van der Waals surface area contributed by atoms with Crippen LogP contribution in [0.15, 0.2) is 47.8 Å². The standard InChI is InChI=1S/C23H24ClN3O2S/c1-16-2-7-19(24)12-21(16)26-22(28)13-20-15-30-23(25-20)18-5-3-17(4-6-18)14-27-8-10-29-11-9-27/h2-7,12,15H,8-11,13-14H2,1H3,(H,26,28). The van der Waals surface area contributed by atoms with Gasteiger partial charge in [-0.15, -0.1) is 11.3 Å². The number of aromatic nitrogens is 1. The van der Waals surface area contributed by atoms with Gasteiger partial charge in [0.2, 0.25) is 5.91 Å². The highest BCUT2D eigenvalue weighted by molar-refractivity contribution is 7.13. The van der Waals surface area contributed by atoms with E-state index in [1.165, 1.54) is 5.56 Å². The molecule has 2 aromatic carbocycles. The number of hydrogen-bond donors (Lipinski definition) is 1. The molecule has 156 valence electrons. The maximum Gasteiger partial charge on any atom is 0.230 e. The SMILES string of the molecule is Cc1ccc(Cl)cc1NC(=O)Cc1csc(-c2ccc(CN3CCOCC3)cc2)n1. The lowest BCUT2D eigenvalue weighted by molar-refractivity contribution is -0.115. The fourth-order valence-electron chi connectivity index (χ4n) is 3.38. The Bertz CT molecular complexity index is 1010. The second-order valence-electron chi connectivity index (χ2n) is 7.41. The van der Waals surface area contributed by atoms with Crippen molar-refractivity contribution in [2.45, 2.75) is 19.9 Å². The molecule has 30 heavy (non-hydrogen) atoms. The number of amides is 1. The molecule has 1 aliphatic heterocycles. The number of nitrogens with one attached hydrogen (secondary N) is 1. The van der Waals surface area contributed by atoms with Gasteiger partial charge in [0.15, 0.2) is 0 Å². The van der Waals surface area contributed by atoms with Crippen molar-refractivity contribution in [3.8, 4) is 10.6 Å². The molecule has 0 atom stereocenters. The fourth-order valence-corrected chi connectivity index (χ4v) is 4.38. The summed E-state index contributed by atoms with van der Waals surface area (Å²) in [6.07, 6.45) is 0.234. The highest BCUT2D eigenvalue weighted by Gasteiger charge is 2.13. The highest BCUT2D eigenvalue weighted by Crippen LogP contribution is 2.25. The van der Waals surface area contributed by atoms with Crippen molar-refractivity contribution in [1.29, 1.82) is 0 Å². The molecule has 5 nitrogen and oxygen atoms in total. The van der Waals surface area contributed by atoms with Gasteiger partial charge < -0.3 is 10.1 Å². The van der Waals surface area contributed by atoms with Crippen molar-refractivity contribution in [2.24, 2.45) is 0 Å². The molecule has 0 unspecified atom stereocenters.